The van der Waals surface area contributed by atoms with Gasteiger partial charge in [0.2, 0.25) is 5.91 Å². The van der Waals surface area contributed by atoms with Gasteiger partial charge in [0, 0.05) is 23.5 Å². The SMILES string of the molecule is C=CCn1c(SCC(=O)Nc2sc3c(c2C(=O)NCc2ccccc2)CCCC3)nnc1-c1ccccc1C. The van der Waals surface area contributed by atoms with Gasteiger partial charge in [-0.25, -0.2) is 0 Å². The third kappa shape index (κ3) is 6.15. The molecule has 0 saturated heterocycles. The van der Waals surface area contributed by atoms with Crippen LogP contribution in [0, 0.1) is 6.92 Å². The van der Waals surface area contributed by atoms with Crippen molar-refractivity contribution in [2.75, 3.05) is 11.1 Å². The zero-order valence-electron chi connectivity index (χ0n) is 21.9. The average Bonchev–Trinajstić information content (AvgIpc) is 3.52. The van der Waals surface area contributed by atoms with E-state index >= 15 is 0 Å². The molecule has 0 atom stereocenters. The normalized spacial score (nSPS) is 12.5. The lowest BCUT2D eigenvalue weighted by Gasteiger charge is -2.13. The molecule has 2 aromatic carbocycles. The van der Waals surface area contributed by atoms with Crippen LogP contribution in [0.1, 0.15) is 44.8 Å². The van der Waals surface area contributed by atoms with Crippen molar-refractivity contribution < 1.29 is 9.59 Å². The van der Waals surface area contributed by atoms with Gasteiger partial charge in [-0.15, -0.1) is 28.1 Å². The van der Waals surface area contributed by atoms with E-state index in [-0.39, 0.29) is 17.6 Å². The number of aryl methyl sites for hydroxylation is 2. The van der Waals surface area contributed by atoms with E-state index in [0.717, 1.165) is 53.8 Å². The van der Waals surface area contributed by atoms with Gasteiger partial charge < -0.3 is 10.6 Å². The molecule has 7 nitrogen and oxygen atoms in total. The van der Waals surface area contributed by atoms with Gasteiger partial charge in [0.25, 0.3) is 5.91 Å². The van der Waals surface area contributed by atoms with Crippen molar-refractivity contribution in [2.24, 2.45) is 0 Å². The van der Waals surface area contributed by atoms with E-state index in [4.69, 9.17) is 0 Å². The summed E-state index contributed by atoms with van der Waals surface area (Å²) in [6.07, 6.45) is 5.75. The fourth-order valence-electron chi connectivity index (χ4n) is 4.77. The van der Waals surface area contributed by atoms with Crippen molar-refractivity contribution in [3.05, 3.63) is 94.4 Å². The molecule has 0 saturated carbocycles. The first-order valence-electron chi connectivity index (χ1n) is 13.0. The third-order valence-corrected chi connectivity index (χ3v) is 8.87. The molecule has 2 aromatic heterocycles. The predicted octanol–water partition coefficient (Wildman–Crippen LogP) is 6.04. The maximum absolute atomic E-state index is 13.3. The molecule has 0 radical (unpaired) electrons. The summed E-state index contributed by atoms with van der Waals surface area (Å²) in [4.78, 5) is 27.6. The van der Waals surface area contributed by atoms with Crippen LogP contribution in [0.25, 0.3) is 11.4 Å². The molecule has 0 aliphatic heterocycles. The summed E-state index contributed by atoms with van der Waals surface area (Å²) >= 11 is 2.85. The van der Waals surface area contributed by atoms with E-state index < -0.39 is 0 Å². The summed E-state index contributed by atoms with van der Waals surface area (Å²) in [7, 11) is 0. The number of anilines is 1. The molecule has 200 valence electrons. The van der Waals surface area contributed by atoms with E-state index in [1.165, 1.54) is 28.0 Å². The number of nitrogens with one attached hydrogen (secondary N) is 2. The molecule has 0 unspecified atom stereocenters. The number of rotatable bonds is 10. The highest BCUT2D eigenvalue weighted by Crippen LogP contribution is 2.38. The van der Waals surface area contributed by atoms with Crippen LogP contribution >= 0.6 is 23.1 Å². The van der Waals surface area contributed by atoms with Gasteiger partial charge in [-0.2, -0.15) is 0 Å². The van der Waals surface area contributed by atoms with Crippen LogP contribution in [0.5, 0.6) is 0 Å². The zero-order valence-corrected chi connectivity index (χ0v) is 23.5. The number of thioether (sulfide) groups is 1. The lowest BCUT2D eigenvalue weighted by Crippen LogP contribution is -2.25. The summed E-state index contributed by atoms with van der Waals surface area (Å²) in [5.74, 6) is 0.576. The molecule has 1 aliphatic carbocycles. The molecular formula is C30H31N5O2S2. The topological polar surface area (TPSA) is 88.9 Å². The Labute approximate surface area is 236 Å². The van der Waals surface area contributed by atoms with Gasteiger partial charge >= 0.3 is 0 Å². The van der Waals surface area contributed by atoms with Crippen molar-refractivity contribution >= 4 is 39.9 Å². The molecule has 0 fully saturated rings. The fraction of sp³-hybridized carbons (Fsp3) is 0.267. The second-order valence-electron chi connectivity index (χ2n) is 9.44. The Kier molecular flexibility index (Phi) is 8.58. The number of hydrogen-bond acceptors (Lipinski definition) is 6. The highest BCUT2D eigenvalue weighted by atomic mass is 32.2. The fourth-order valence-corrected chi connectivity index (χ4v) is 6.82. The Morgan fingerprint density at radius 1 is 1.08 bits per heavy atom. The van der Waals surface area contributed by atoms with Crippen LogP contribution in [-0.2, 0) is 30.7 Å². The second kappa shape index (κ2) is 12.4. The van der Waals surface area contributed by atoms with Crippen LogP contribution < -0.4 is 10.6 Å². The number of hydrogen-bond donors (Lipinski definition) is 2. The molecule has 39 heavy (non-hydrogen) atoms. The molecule has 2 N–H and O–H groups in total. The first kappa shape index (κ1) is 26.9. The third-order valence-electron chi connectivity index (χ3n) is 6.69. The smallest absolute Gasteiger partial charge is 0.254 e. The summed E-state index contributed by atoms with van der Waals surface area (Å²) in [5.41, 5.74) is 4.82. The highest BCUT2D eigenvalue weighted by molar-refractivity contribution is 7.99. The van der Waals surface area contributed by atoms with Crippen LogP contribution in [0.4, 0.5) is 5.00 Å². The average molecular weight is 558 g/mol. The van der Waals surface area contributed by atoms with Crippen molar-refractivity contribution in [3.8, 4) is 11.4 Å². The van der Waals surface area contributed by atoms with E-state index in [1.54, 1.807) is 6.08 Å². The summed E-state index contributed by atoms with van der Waals surface area (Å²) in [6, 6.07) is 17.9. The Hall–Kier alpha value is -3.69. The predicted molar refractivity (Wildman–Crippen MR) is 158 cm³/mol. The first-order valence-corrected chi connectivity index (χ1v) is 14.8. The number of nitrogens with zero attached hydrogens (tertiary/aromatic N) is 3. The largest absolute Gasteiger partial charge is 0.348 e. The van der Waals surface area contributed by atoms with Gasteiger partial charge in [0.1, 0.15) is 5.00 Å². The van der Waals surface area contributed by atoms with Crippen LogP contribution in [-0.4, -0.2) is 32.3 Å². The number of aromatic nitrogens is 3. The number of thiophene rings is 1. The molecule has 1 aliphatic rings. The molecule has 2 amide bonds. The number of carbonyl (C=O) groups is 2. The molecule has 5 rings (SSSR count). The Bertz CT molecular complexity index is 1490. The number of amides is 2. The Morgan fingerprint density at radius 3 is 2.64 bits per heavy atom. The van der Waals surface area contributed by atoms with E-state index in [0.29, 0.717) is 28.8 Å². The monoisotopic (exact) mass is 557 g/mol. The maximum atomic E-state index is 13.3. The maximum Gasteiger partial charge on any atom is 0.254 e. The molecule has 4 aromatic rings. The Morgan fingerprint density at radius 2 is 1.85 bits per heavy atom. The second-order valence-corrected chi connectivity index (χ2v) is 11.5. The number of fused-ring (bicyclic) bond motifs is 1. The van der Waals surface area contributed by atoms with Gasteiger partial charge in [0.05, 0.1) is 11.3 Å². The highest BCUT2D eigenvalue weighted by Gasteiger charge is 2.26. The minimum atomic E-state index is -0.179. The van der Waals surface area contributed by atoms with E-state index in [9.17, 15) is 9.59 Å². The van der Waals surface area contributed by atoms with E-state index in [1.807, 2.05) is 66.1 Å². The van der Waals surface area contributed by atoms with Crippen LogP contribution in [0.15, 0.2) is 72.4 Å². The number of carbonyl (C=O) groups excluding carboxylic acids is 2. The van der Waals surface area contributed by atoms with Crippen molar-refractivity contribution in [3.63, 3.8) is 0 Å². The quantitative estimate of drug-likeness (QED) is 0.183. The zero-order chi connectivity index (χ0) is 27.2. The standard InChI is InChI=1S/C30H31N5O2S2/c1-3-17-35-27(22-14-8-7-11-20(22)2)33-34-30(35)38-19-25(36)32-29-26(23-15-9-10-16-24(23)39-29)28(37)31-18-21-12-5-4-6-13-21/h3-8,11-14H,1,9-10,15-19H2,2H3,(H,31,37)(H,32,36). The molecule has 2 heterocycles. The van der Waals surface area contributed by atoms with Crippen LogP contribution in [0.2, 0.25) is 0 Å². The summed E-state index contributed by atoms with van der Waals surface area (Å²) in [5, 5.41) is 16.1. The summed E-state index contributed by atoms with van der Waals surface area (Å²) < 4.78 is 1.97. The van der Waals surface area contributed by atoms with Crippen molar-refractivity contribution in [1.29, 1.82) is 0 Å². The number of allylic oxidation sites excluding steroid dienone is 1. The van der Waals surface area contributed by atoms with Gasteiger partial charge in [0.15, 0.2) is 11.0 Å². The van der Waals surface area contributed by atoms with Crippen molar-refractivity contribution in [1.82, 2.24) is 20.1 Å². The molecule has 9 heteroatoms. The molecule has 0 spiro atoms. The number of benzene rings is 2. The van der Waals surface area contributed by atoms with Gasteiger partial charge in [-0.3, -0.25) is 14.2 Å². The minimum Gasteiger partial charge on any atom is -0.348 e. The van der Waals surface area contributed by atoms with E-state index in [2.05, 4.69) is 27.4 Å². The lowest BCUT2D eigenvalue weighted by atomic mass is 9.95. The van der Waals surface area contributed by atoms with Gasteiger partial charge in [-0.1, -0.05) is 72.4 Å². The van der Waals surface area contributed by atoms with Crippen molar-refractivity contribution in [2.45, 2.75) is 50.9 Å². The summed E-state index contributed by atoms with van der Waals surface area (Å²) in [6.45, 7) is 6.89. The van der Waals surface area contributed by atoms with Gasteiger partial charge in [-0.05, 0) is 49.3 Å². The lowest BCUT2D eigenvalue weighted by molar-refractivity contribution is -0.113. The first-order chi connectivity index (χ1) is 19.0. The molecular weight excluding hydrogens is 526 g/mol. The molecule has 0 bridgehead atoms. The van der Waals surface area contributed by atoms with Crippen LogP contribution in [0.3, 0.4) is 0 Å². The minimum absolute atomic E-state index is 0.144. The Balaban J connectivity index is 1.31.